The molecule has 2 heterocycles. The minimum Gasteiger partial charge on any atom is -0.483 e. The van der Waals surface area contributed by atoms with E-state index < -0.39 is 54.1 Å². The molecule has 3 rings (SSSR count). The molecule has 1 aromatic carbocycles. The summed E-state index contributed by atoms with van der Waals surface area (Å²) >= 11 is 0. The number of piperidine rings is 1. The minimum atomic E-state index is -1.11. The molecule has 6 amide bonds. The molecule has 0 spiro atoms. The number of rotatable bonds is 8. The van der Waals surface area contributed by atoms with Crippen molar-refractivity contribution in [1.82, 2.24) is 20.9 Å². The maximum Gasteiger partial charge on any atom is 0.266 e. The van der Waals surface area contributed by atoms with Crippen molar-refractivity contribution in [3.63, 3.8) is 0 Å². The van der Waals surface area contributed by atoms with Crippen LogP contribution >= 0.6 is 0 Å². The van der Waals surface area contributed by atoms with E-state index in [2.05, 4.69) is 16.0 Å². The van der Waals surface area contributed by atoms with Crippen LogP contribution in [0.2, 0.25) is 0 Å². The third-order valence-corrected chi connectivity index (χ3v) is 5.14. The summed E-state index contributed by atoms with van der Waals surface area (Å²) in [6.45, 7) is -0.341. The number of likely N-dealkylation sites (N-methyl/N-ethyl adjacent to an activating group) is 1. The van der Waals surface area contributed by atoms with Crippen molar-refractivity contribution in [3.05, 3.63) is 29.3 Å². The molecular weight excluding hydrogens is 422 g/mol. The van der Waals surface area contributed by atoms with Crippen molar-refractivity contribution in [2.75, 3.05) is 20.2 Å². The summed E-state index contributed by atoms with van der Waals surface area (Å²) in [6.07, 6.45) is 0.249. The van der Waals surface area contributed by atoms with Gasteiger partial charge < -0.3 is 21.1 Å². The number of carbonyl (C=O) groups is 6. The molecule has 1 saturated heterocycles. The van der Waals surface area contributed by atoms with E-state index in [4.69, 9.17) is 10.5 Å². The zero-order valence-electron chi connectivity index (χ0n) is 17.3. The van der Waals surface area contributed by atoms with Gasteiger partial charge in [0.2, 0.25) is 17.7 Å². The average Bonchev–Trinajstić information content (AvgIpc) is 3.02. The molecule has 12 nitrogen and oxygen atoms in total. The predicted octanol–water partition coefficient (Wildman–Crippen LogP) is -1.95. The molecule has 1 aromatic rings. The lowest BCUT2D eigenvalue weighted by molar-refractivity contribution is -0.136. The smallest absolute Gasteiger partial charge is 0.266 e. The summed E-state index contributed by atoms with van der Waals surface area (Å²) in [5.41, 5.74) is 5.42. The van der Waals surface area contributed by atoms with Crippen molar-refractivity contribution >= 4 is 35.4 Å². The number of nitrogens with zero attached hydrogens (tertiary/aromatic N) is 1. The summed E-state index contributed by atoms with van der Waals surface area (Å²) in [7, 11) is 1.43. The van der Waals surface area contributed by atoms with Gasteiger partial charge in [-0.05, 0) is 31.5 Å². The summed E-state index contributed by atoms with van der Waals surface area (Å²) in [6, 6.07) is 2.36. The Morgan fingerprint density at radius 1 is 1.25 bits per heavy atom. The van der Waals surface area contributed by atoms with Crippen LogP contribution in [0.15, 0.2) is 18.2 Å². The molecule has 2 unspecified atom stereocenters. The van der Waals surface area contributed by atoms with Crippen molar-refractivity contribution in [3.8, 4) is 5.75 Å². The van der Waals surface area contributed by atoms with Crippen molar-refractivity contribution in [2.45, 2.75) is 31.3 Å². The number of nitrogens with two attached hydrogens (primary N) is 1. The second kappa shape index (κ2) is 9.56. The van der Waals surface area contributed by atoms with E-state index in [0.717, 1.165) is 4.90 Å². The number of nitrogens with one attached hydrogen (secondary N) is 3. The van der Waals surface area contributed by atoms with Crippen LogP contribution in [0.3, 0.4) is 0 Å². The third-order valence-electron chi connectivity index (χ3n) is 5.14. The molecule has 0 aliphatic carbocycles. The Morgan fingerprint density at radius 2 is 2.00 bits per heavy atom. The van der Waals surface area contributed by atoms with E-state index in [-0.39, 0.29) is 42.7 Å². The molecule has 0 radical (unpaired) electrons. The Labute approximate surface area is 182 Å². The Bertz CT molecular complexity index is 993. The lowest BCUT2D eigenvalue weighted by Crippen LogP contribution is -2.54. The number of fused-ring (bicyclic) bond motifs is 1. The van der Waals surface area contributed by atoms with Gasteiger partial charge in [-0.1, -0.05) is 6.07 Å². The monoisotopic (exact) mass is 445 g/mol. The lowest BCUT2D eigenvalue weighted by Gasteiger charge is -2.27. The fraction of sp³-hybridized carbons (Fsp3) is 0.400. The van der Waals surface area contributed by atoms with Gasteiger partial charge in [0, 0.05) is 13.5 Å². The molecule has 2 aliphatic rings. The largest absolute Gasteiger partial charge is 0.483 e. The number of hydrogen-bond acceptors (Lipinski definition) is 8. The highest BCUT2D eigenvalue weighted by Crippen LogP contribution is 2.33. The van der Waals surface area contributed by atoms with E-state index in [1.807, 2.05) is 0 Å². The molecule has 0 bridgehead atoms. The van der Waals surface area contributed by atoms with E-state index in [1.165, 1.54) is 25.2 Å². The van der Waals surface area contributed by atoms with Crippen molar-refractivity contribution in [2.24, 2.45) is 5.73 Å². The molecule has 170 valence electrons. The van der Waals surface area contributed by atoms with Gasteiger partial charge in [0.25, 0.3) is 17.7 Å². The molecule has 2 atom stereocenters. The zero-order chi connectivity index (χ0) is 23.4. The Balaban J connectivity index is 1.73. The fourth-order valence-electron chi connectivity index (χ4n) is 3.59. The topological polar surface area (TPSA) is 177 Å². The number of carbonyl (C=O) groups excluding carboxylic acids is 6. The van der Waals surface area contributed by atoms with Gasteiger partial charge in [0.05, 0.1) is 11.1 Å². The minimum absolute atomic E-state index is 0.00262. The first-order valence-corrected chi connectivity index (χ1v) is 9.96. The highest BCUT2D eigenvalue weighted by molar-refractivity contribution is 6.24. The number of imide groups is 2. The number of ether oxygens (including phenoxy) is 1. The van der Waals surface area contributed by atoms with E-state index in [0.29, 0.717) is 0 Å². The number of amides is 6. The molecule has 5 N–H and O–H groups in total. The van der Waals surface area contributed by atoms with E-state index in [9.17, 15) is 28.8 Å². The summed E-state index contributed by atoms with van der Waals surface area (Å²) in [5, 5.41) is 7.04. The number of benzene rings is 1. The maximum absolute atomic E-state index is 13.0. The van der Waals surface area contributed by atoms with E-state index in [1.54, 1.807) is 0 Å². The fourth-order valence-corrected chi connectivity index (χ4v) is 3.59. The molecule has 0 saturated carbocycles. The van der Waals surface area contributed by atoms with Crippen molar-refractivity contribution in [1.29, 1.82) is 0 Å². The Kier molecular flexibility index (Phi) is 6.83. The van der Waals surface area contributed by atoms with Crippen LogP contribution in [0.5, 0.6) is 5.75 Å². The molecule has 2 aliphatic heterocycles. The average molecular weight is 445 g/mol. The lowest BCUT2D eigenvalue weighted by atomic mass is 10.0. The van der Waals surface area contributed by atoms with Crippen LogP contribution in [0.1, 0.15) is 40.0 Å². The second-order valence-electron chi connectivity index (χ2n) is 7.23. The molecule has 1 fully saturated rings. The molecular formula is C20H23N5O7. The molecule has 12 heteroatoms. The summed E-state index contributed by atoms with van der Waals surface area (Å²) < 4.78 is 5.47. The quantitative estimate of drug-likeness (QED) is 0.334. The third kappa shape index (κ3) is 4.44. The summed E-state index contributed by atoms with van der Waals surface area (Å²) in [4.78, 5) is 74.2. The number of hydrogen-bond donors (Lipinski definition) is 4. The van der Waals surface area contributed by atoms with Gasteiger partial charge in [-0.25, -0.2) is 0 Å². The van der Waals surface area contributed by atoms with Gasteiger partial charge in [-0.2, -0.15) is 0 Å². The SMILES string of the molecule is CNC(=O)C(CCN)NC(=O)COc1cccc2c1C(=O)N(C1CCC(=O)NC1=O)C2=O. The maximum atomic E-state index is 13.0. The van der Waals surface area contributed by atoms with Gasteiger partial charge in [0.15, 0.2) is 6.61 Å². The summed E-state index contributed by atoms with van der Waals surface area (Å²) in [5.74, 6) is -3.67. The highest BCUT2D eigenvalue weighted by atomic mass is 16.5. The van der Waals surface area contributed by atoms with Crippen LogP contribution in [-0.2, 0) is 19.2 Å². The standard InChI is InChI=1S/C20H23N5O7/c1-22-17(28)11(7-8-21)23-15(27)9-32-13-4-2-3-10-16(13)20(31)25(19(10)30)12-5-6-14(26)24-18(12)29/h2-4,11-12H,5-9,21H2,1H3,(H,22,28)(H,23,27)(H,24,26,29). The van der Waals surface area contributed by atoms with Crippen LogP contribution < -0.4 is 26.4 Å². The predicted molar refractivity (Wildman–Crippen MR) is 108 cm³/mol. The first kappa shape index (κ1) is 22.9. The van der Waals surface area contributed by atoms with E-state index >= 15 is 0 Å². The van der Waals surface area contributed by atoms with Gasteiger partial charge in [0.1, 0.15) is 17.8 Å². The van der Waals surface area contributed by atoms with Crippen LogP contribution in [0, 0.1) is 0 Å². The van der Waals surface area contributed by atoms with Crippen LogP contribution in [0.25, 0.3) is 0 Å². The van der Waals surface area contributed by atoms with Gasteiger partial charge >= 0.3 is 0 Å². The Morgan fingerprint density at radius 3 is 2.66 bits per heavy atom. The van der Waals surface area contributed by atoms with Crippen LogP contribution in [0.4, 0.5) is 0 Å². The van der Waals surface area contributed by atoms with Gasteiger partial charge in [-0.15, -0.1) is 0 Å². The normalized spacial score (nSPS) is 18.7. The Hall–Kier alpha value is -3.80. The highest BCUT2D eigenvalue weighted by Gasteiger charge is 2.46. The van der Waals surface area contributed by atoms with Crippen LogP contribution in [-0.4, -0.2) is 72.6 Å². The second-order valence-corrected chi connectivity index (χ2v) is 7.23. The van der Waals surface area contributed by atoms with Gasteiger partial charge in [-0.3, -0.25) is 39.0 Å². The molecule has 32 heavy (non-hydrogen) atoms. The first-order valence-electron chi connectivity index (χ1n) is 9.96. The zero-order valence-corrected chi connectivity index (χ0v) is 17.3. The van der Waals surface area contributed by atoms with Crippen molar-refractivity contribution < 1.29 is 33.5 Å². The first-order chi connectivity index (χ1) is 15.3. The molecule has 0 aromatic heterocycles.